The molecule has 0 aliphatic carbocycles. The van der Waals surface area contributed by atoms with Gasteiger partial charge in [-0.1, -0.05) is 0 Å². The molecule has 1 aliphatic rings. The van der Waals surface area contributed by atoms with Crippen LogP contribution in [0.4, 0.5) is 9.18 Å². The molecule has 1 N–H and O–H groups in total. The summed E-state index contributed by atoms with van der Waals surface area (Å²) in [4.78, 5) is 23.6. The van der Waals surface area contributed by atoms with Crippen LogP contribution in [0.25, 0.3) is 0 Å². The Balaban J connectivity index is 2.50. The molecule has 1 heterocycles. The number of aliphatic carboxylic acids is 1. The van der Waals surface area contributed by atoms with Crippen LogP contribution in [0.5, 0.6) is 0 Å². The third-order valence-electron chi connectivity index (χ3n) is 2.76. The second kappa shape index (κ2) is 5.54. The predicted octanol–water partition coefficient (Wildman–Crippen LogP) is 2.06. The maximum Gasteiger partial charge on any atom is 0.410 e. The highest BCUT2D eigenvalue weighted by atomic mass is 19.1. The summed E-state index contributed by atoms with van der Waals surface area (Å²) < 4.78 is 18.9. The van der Waals surface area contributed by atoms with Crippen molar-refractivity contribution in [2.75, 3.05) is 13.1 Å². The third-order valence-corrected chi connectivity index (χ3v) is 2.76. The highest BCUT2D eigenvalue weighted by Crippen LogP contribution is 2.24. The number of alkyl halides is 1. The van der Waals surface area contributed by atoms with Crippen molar-refractivity contribution in [3.63, 3.8) is 0 Å². The van der Waals surface area contributed by atoms with Gasteiger partial charge in [-0.15, -0.1) is 0 Å². The van der Waals surface area contributed by atoms with E-state index < -0.39 is 29.8 Å². The van der Waals surface area contributed by atoms with Gasteiger partial charge in [0.2, 0.25) is 0 Å². The van der Waals surface area contributed by atoms with Crippen LogP contribution in [0.1, 0.15) is 33.6 Å². The molecule has 0 aromatic rings. The van der Waals surface area contributed by atoms with Gasteiger partial charge in [-0.2, -0.15) is 0 Å². The van der Waals surface area contributed by atoms with Crippen LogP contribution in [0.2, 0.25) is 0 Å². The Morgan fingerprint density at radius 3 is 2.50 bits per heavy atom. The van der Waals surface area contributed by atoms with E-state index in [0.29, 0.717) is 13.0 Å². The summed E-state index contributed by atoms with van der Waals surface area (Å²) in [7, 11) is 0. The minimum atomic E-state index is -1.30. The van der Waals surface area contributed by atoms with Crippen molar-refractivity contribution in [2.45, 2.75) is 45.4 Å². The smallest absolute Gasteiger partial charge is 0.410 e. The third kappa shape index (κ3) is 4.50. The molecule has 1 amide bonds. The molecule has 1 rings (SSSR count). The van der Waals surface area contributed by atoms with E-state index in [9.17, 15) is 14.0 Å². The highest BCUT2D eigenvalue weighted by molar-refractivity contribution is 5.69. The SMILES string of the molecule is CC(C)(C)OC(=O)N1CCC(CC(=O)O)[C@H](F)C1. The van der Waals surface area contributed by atoms with Gasteiger partial charge in [-0.05, 0) is 27.2 Å². The van der Waals surface area contributed by atoms with Crippen LogP contribution in [-0.2, 0) is 9.53 Å². The van der Waals surface area contributed by atoms with E-state index in [0.717, 1.165) is 0 Å². The molecule has 0 bridgehead atoms. The summed E-state index contributed by atoms with van der Waals surface area (Å²) in [6.07, 6.45) is -1.68. The molecule has 0 radical (unpaired) electrons. The molecule has 6 heteroatoms. The Morgan fingerprint density at radius 1 is 1.44 bits per heavy atom. The number of nitrogens with zero attached hydrogens (tertiary/aromatic N) is 1. The summed E-state index contributed by atoms with van der Waals surface area (Å²) in [5.74, 6) is -1.52. The Kier molecular flexibility index (Phi) is 4.53. The molecule has 18 heavy (non-hydrogen) atoms. The monoisotopic (exact) mass is 261 g/mol. The maximum atomic E-state index is 13.7. The Morgan fingerprint density at radius 2 is 2.06 bits per heavy atom. The van der Waals surface area contributed by atoms with Gasteiger partial charge in [0.05, 0.1) is 13.0 Å². The first kappa shape index (κ1) is 14.7. The van der Waals surface area contributed by atoms with Gasteiger partial charge in [0.25, 0.3) is 0 Å². The summed E-state index contributed by atoms with van der Waals surface area (Å²) in [6.45, 7) is 5.49. The Hall–Kier alpha value is -1.33. The van der Waals surface area contributed by atoms with Crippen molar-refractivity contribution in [3.05, 3.63) is 0 Å². The molecule has 5 nitrogen and oxygen atoms in total. The zero-order valence-electron chi connectivity index (χ0n) is 11.0. The maximum absolute atomic E-state index is 13.7. The number of carbonyl (C=O) groups is 2. The average molecular weight is 261 g/mol. The fraction of sp³-hybridized carbons (Fsp3) is 0.833. The van der Waals surface area contributed by atoms with Crippen molar-refractivity contribution in [1.29, 1.82) is 0 Å². The number of likely N-dealkylation sites (tertiary alicyclic amines) is 1. The van der Waals surface area contributed by atoms with Crippen molar-refractivity contribution >= 4 is 12.1 Å². The summed E-state index contributed by atoms with van der Waals surface area (Å²) in [5.41, 5.74) is -0.610. The Bertz CT molecular complexity index is 327. The van der Waals surface area contributed by atoms with E-state index >= 15 is 0 Å². The van der Waals surface area contributed by atoms with Gasteiger partial charge in [0.1, 0.15) is 11.8 Å². The molecule has 0 saturated carbocycles. The zero-order valence-corrected chi connectivity index (χ0v) is 11.0. The number of ether oxygens (including phenoxy) is 1. The van der Waals surface area contributed by atoms with Crippen molar-refractivity contribution in [3.8, 4) is 0 Å². The zero-order chi connectivity index (χ0) is 13.9. The first-order valence-electron chi connectivity index (χ1n) is 6.03. The molecule has 1 unspecified atom stereocenters. The van der Waals surface area contributed by atoms with Gasteiger partial charge in [-0.25, -0.2) is 9.18 Å². The van der Waals surface area contributed by atoms with Gasteiger partial charge in [0, 0.05) is 12.5 Å². The lowest BCUT2D eigenvalue weighted by molar-refractivity contribution is -0.139. The fourth-order valence-electron chi connectivity index (χ4n) is 1.90. The molecule has 1 saturated heterocycles. The Labute approximate surface area is 106 Å². The molecule has 1 aliphatic heterocycles. The minimum Gasteiger partial charge on any atom is -0.481 e. The number of rotatable bonds is 2. The van der Waals surface area contributed by atoms with Crippen LogP contribution < -0.4 is 0 Å². The highest BCUT2D eigenvalue weighted by Gasteiger charge is 2.34. The van der Waals surface area contributed by atoms with Crippen molar-refractivity contribution in [2.24, 2.45) is 5.92 Å². The van der Waals surface area contributed by atoms with Crippen LogP contribution in [0.3, 0.4) is 0 Å². The lowest BCUT2D eigenvalue weighted by atomic mass is 9.92. The van der Waals surface area contributed by atoms with Gasteiger partial charge < -0.3 is 14.7 Å². The van der Waals surface area contributed by atoms with Crippen LogP contribution in [0.15, 0.2) is 0 Å². The van der Waals surface area contributed by atoms with Gasteiger partial charge in [0.15, 0.2) is 0 Å². The van der Waals surface area contributed by atoms with Gasteiger partial charge in [-0.3, -0.25) is 4.79 Å². The van der Waals surface area contributed by atoms with E-state index in [4.69, 9.17) is 9.84 Å². The molecule has 0 aromatic carbocycles. The van der Waals surface area contributed by atoms with Crippen LogP contribution >= 0.6 is 0 Å². The molecule has 2 atom stereocenters. The van der Waals surface area contributed by atoms with Gasteiger partial charge >= 0.3 is 12.1 Å². The molecule has 0 spiro atoms. The quantitative estimate of drug-likeness (QED) is 0.826. The molecular weight excluding hydrogens is 241 g/mol. The second-order valence-corrected chi connectivity index (χ2v) is 5.59. The number of carbonyl (C=O) groups excluding carboxylic acids is 1. The average Bonchev–Trinajstić information content (AvgIpc) is 2.17. The number of hydrogen-bond donors (Lipinski definition) is 1. The number of halogens is 1. The number of piperidine rings is 1. The molecule has 0 aromatic heterocycles. The molecule has 1 fully saturated rings. The van der Waals surface area contributed by atoms with E-state index in [1.807, 2.05) is 0 Å². The number of amides is 1. The second-order valence-electron chi connectivity index (χ2n) is 5.59. The lowest BCUT2D eigenvalue weighted by Gasteiger charge is -2.35. The largest absolute Gasteiger partial charge is 0.481 e. The molecule has 104 valence electrons. The fourth-order valence-corrected chi connectivity index (χ4v) is 1.90. The standard InChI is InChI=1S/C12H20FNO4/c1-12(2,3)18-11(17)14-5-4-8(6-10(15)16)9(13)7-14/h8-9H,4-7H2,1-3H3,(H,15,16)/t8?,9-/m1/s1. The molecular formula is C12H20FNO4. The van der Waals surface area contributed by atoms with Crippen molar-refractivity contribution < 1.29 is 23.8 Å². The van der Waals surface area contributed by atoms with E-state index in [2.05, 4.69) is 0 Å². The van der Waals surface area contributed by atoms with E-state index in [-0.39, 0.29) is 13.0 Å². The van der Waals surface area contributed by atoms with E-state index in [1.54, 1.807) is 20.8 Å². The topological polar surface area (TPSA) is 66.8 Å². The van der Waals surface area contributed by atoms with Crippen LogP contribution in [-0.4, -0.2) is 46.9 Å². The number of carboxylic acids is 1. The number of carboxylic acid groups (broad SMARTS) is 1. The van der Waals surface area contributed by atoms with E-state index in [1.165, 1.54) is 4.90 Å². The summed E-state index contributed by atoms with van der Waals surface area (Å²) in [5, 5.41) is 8.64. The predicted molar refractivity (Wildman–Crippen MR) is 63.1 cm³/mol. The summed E-state index contributed by atoms with van der Waals surface area (Å²) >= 11 is 0. The number of hydrogen-bond acceptors (Lipinski definition) is 3. The van der Waals surface area contributed by atoms with Crippen molar-refractivity contribution in [1.82, 2.24) is 4.90 Å². The summed E-state index contributed by atoms with van der Waals surface area (Å²) in [6, 6.07) is 0. The first-order valence-corrected chi connectivity index (χ1v) is 6.03. The minimum absolute atomic E-state index is 0.0904. The van der Waals surface area contributed by atoms with Crippen LogP contribution in [0, 0.1) is 5.92 Å². The normalized spacial score (nSPS) is 24.8. The lowest BCUT2D eigenvalue weighted by Crippen LogP contribution is -2.47. The first-order chi connectivity index (χ1) is 8.19.